The normalized spacial score (nSPS) is 18.7. The number of methoxy groups -OCH3 is 2. The maximum atomic E-state index is 12.7. The van der Waals surface area contributed by atoms with Crippen molar-refractivity contribution in [3.8, 4) is 0 Å². The second-order valence-electron chi connectivity index (χ2n) is 8.87. The number of ether oxygens (including phenoxy) is 2. The molecular weight excluding hydrogens is 443 g/mol. The molecule has 0 amide bonds. The number of nitrogens with zero attached hydrogens (tertiary/aromatic N) is 2. The highest BCUT2D eigenvalue weighted by atomic mass is 16.7. The van der Waals surface area contributed by atoms with Gasteiger partial charge < -0.3 is 23.7 Å². The number of hydrogen-bond acceptors (Lipinski definition) is 9. The minimum atomic E-state index is -0.861. The largest absolute Gasteiger partial charge is 0.495 e. The van der Waals surface area contributed by atoms with Gasteiger partial charge in [0, 0.05) is 12.3 Å². The van der Waals surface area contributed by atoms with Crippen LogP contribution in [-0.2, 0) is 28.4 Å². The Hall–Kier alpha value is -3.44. The third-order valence-corrected chi connectivity index (χ3v) is 6.15. The standard InChI is InChI=1S/C23H27BN2O8/c1-14-12-15(24-33-22(2,3)23(4,5)34-24)13-17(26(29)30)18(14)25-11-9-8-10-16(20(27)31-6)19(25)21(28)32-7/h8-13H,1-7H3. The minimum Gasteiger partial charge on any atom is -0.465 e. The lowest BCUT2D eigenvalue weighted by Crippen LogP contribution is -2.41. The van der Waals surface area contributed by atoms with Crippen LogP contribution in [0.3, 0.4) is 0 Å². The van der Waals surface area contributed by atoms with Gasteiger partial charge in [-0.2, -0.15) is 0 Å². The molecule has 3 rings (SSSR count). The van der Waals surface area contributed by atoms with E-state index in [1.807, 2.05) is 27.7 Å². The quantitative estimate of drug-likeness (QED) is 0.277. The minimum absolute atomic E-state index is 0.0898. The van der Waals surface area contributed by atoms with Crippen molar-refractivity contribution in [3.05, 3.63) is 63.5 Å². The molecule has 0 N–H and O–H groups in total. The summed E-state index contributed by atoms with van der Waals surface area (Å²) in [6.07, 6.45) is 5.90. The first kappa shape index (κ1) is 25.2. The zero-order chi connectivity index (χ0) is 25.4. The van der Waals surface area contributed by atoms with E-state index >= 15 is 0 Å². The van der Waals surface area contributed by atoms with E-state index in [1.54, 1.807) is 19.1 Å². The average molecular weight is 470 g/mol. The van der Waals surface area contributed by atoms with Crippen LogP contribution in [0.25, 0.3) is 0 Å². The summed E-state index contributed by atoms with van der Waals surface area (Å²) in [6, 6.07) is 3.05. The highest BCUT2D eigenvalue weighted by molar-refractivity contribution is 6.62. The number of aryl methyl sites for hydroxylation is 1. The number of allylic oxidation sites excluding steroid dienone is 2. The molecule has 0 aromatic heterocycles. The van der Waals surface area contributed by atoms with Crippen LogP contribution in [-0.4, -0.2) is 49.4 Å². The SMILES string of the molecule is COC(=O)C1=C(C(=O)OC)N(c2c(C)cc(B3OC(C)(C)C(C)(C)O3)cc2[N+](=O)[O-])C=CC=C1. The van der Waals surface area contributed by atoms with E-state index < -0.39 is 35.2 Å². The Morgan fingerprint density at radius 3 is 2.15 bits per heavy atom. The van der Waals surface area contributed by atoms with E-state index in [4.69, 9.17) is 18.8 Å². The molecule has 1 fully saturated rings. The van der Waals surface area contributed by atoms with Gasteiger partial charge in [-0.3, -0.25) is 10.1 Å². The summed E-state index contributed by atoms with van der Waals surface area (Å²) in [4.78, 5) is 38.0. The number of carbonyl (C=O) groups is 2. The Labute approximate surface area is 198 Å². The number of nitro groups is 1. The van der Waals surface area contributed by atoms with Gasteiger partial charge in [-0.05, 0) is 57.8 Å². The Balaban J connectivity index is 2.22. The van der Waals surface area contributed by atoms with Crippen LogP contribution in [0.5, 0.6) is 0 Å². The zero-order valence-corrected chi connectivity index (χ0v) is 20.2. The van der Waals surface area contributed by atoms with Crippen LogP contribution in [0.2, 0.25) is 0 Å². The monoisotopic (exact) mass is 470 g/mol. The first-order chi connectivity index (χ1) is 15.8. The van der Waals surface area contributed by atoms with E-state index in [0.29, 0.717) is 11.0 Å². The van der Waals surface area contributed by atoms with Crippen molar-refractivity contribution in [2.75, 3.05) is 19.1 Å². The van der Waals surface area contributed by atoms with E-state index in [1.165, 1.54) is 36.4 Å². The molecule has 0 spiro atoms. The highest BCUT2D eigenvalue weighted by Gasteiger charge is 2.52. The molecular formula is C23H27BN2O8. The fourth-order valence-electron chi connectivity index (χ4n) is 3.69. The van der Waals surface area contributed by atoms with Gasteiger partial charge in [-0.25, -0.2) is 9.59 Å². The molecule has 11 heteroatoms. The lowest BCUT2D eigenvalue weighted by molar-refractivity contribution is -0.384. The van der Waals surface area contributed by atoms with Crippen LogP contribution < -0.4 is 10.4 Å². The smallest absolute Gasteiger partial charge is 0.465 e. The van der Waals surface area contributed by atoms with Gasteiger partial charge in [-0.1, -0.05) is 12.1 Å². The number of anilines is 1. The number of hydrogen-bond donors (Lipinski definition) is 0. The summed E-state index contributed by atoms with van der Waals surface area (Å²) >= 11 is 0. The van der Waals surface area contributed by atoms with E-state index in [0.717, 1.165) is 7.11 Å². The molecule has 1 aromatic carbocycles. The molecule has 0 radical (unpaired) electrons. The fraction of sp³-hybridized carbons (Fsp3) is 0.391. The predicted octanol–water partition coefficient (Wildman–Crippen LogP) is 2.69. The van der Waals surface area contributed by atoms with Crippen molar-refractivity contribution in [2.24, 2.45) is 0 Å². The van der Waals surface area contributed by atoms with Crippen LogP contribution in [0.15, 0.2) is 47.8 Å². The molecule has 1 saturated heterocycles. The topological polar surface area (TPSA) is 117 Å². The van der Waals surface area contributed by atoms with Gasteiger partial charge in [-0.15, -0.1) is 0 Å². The molecule has 0 unspecified atom stereocenters. The van der Waals surface area contributed by atoms with Crippen molar-refractivity contribution in [2.45, 2.75) is 45.8 Å². The van der Waals surface area contributed by atoms with Crippen molar-refractivity contribution in [1.29, 1.82) is 0 Å². The van der Waals surface area contributed by atoms with Crippen LogP contribution in [0, 0.1) is 17.0 Å². The Morgan fingerprint density at radius 1 is 1.03 bits per heavy atom. The number of carbonyl (C=O) groups excluding carboxylic acids is 2. The van der Waals surface area contributed by atoms with Gasteiger partial charge >= 0.3 is 19.1 Å². The van der Waals surface area contributed by atoms with E-state index in [-0.39, 0.29) is 22.6 Å². The molecule has 1 aromatic rings. The molecule has 2 aliphatic rings. The van der Waals surface area contributed by atoms with Gasteiger partial charge in [0.2, 0.25) is 0 Å². The summed E-state index contributed by atoms with van der Waals surface area (Å²) in [5.41, 5.74) is -0.884. The molecule has 0 atom stereocenters. The van der Waals surface area contributed by atoms with Crippen LogP contribution in [0.1, 0.15) is 33.3 Å². The Kier molecular flexibility index (Phi) is 6.72. The van der Waals surface area contributed by atoms with Crippen LogP contribution >= 0.6 is 0 Å². The second kappa shape index (κ2) is 9.07. The molecule has 0 bridgehead atoms. The zero-order valence-electron chi connectivity index (χ0n) is 20.2. The van der Waals surface area contributed by atoms with Gasteiger partial charge in [0.1, 0.15) is 11.4 Å². The summed E-state index contributed by atoms with van der Waals surface area (Å²) in [6.45, 7) is 9.22. The number of esters is 2. The maximum absolute atomic E-state index is 12.7. The Bertz CT molecular complexity index is 1120. The lowest BCUT2D eigenvalue weighted by atomic mass is 9.77. The summed E-state index contributed by atoms with van der Waals surface area (Å²) in [5, 5.41) is 12.2. The van der Waals surface area contributed by atoms with Gasteiger partial charge in [0.25, 0.3) is 5.69 Å². The molecule has 0 aliphatic carbocycles. The fourth-order valence-corrected chi connectivity index (χ4v) is 3.69. The third kappa shape index (κ3) is 4.36. The molecule has 10 nitrogen and oxygen atoms in total. The summed E-state index contributed by atoms with van der Waals surface area (Å²) in [7, 11) is 1.51. The number of benzene rings is 1. The summed E-state index contributed by atoms with van der Waals surface area (Å²) < 4.78 is 21.8. The molecule has 180 valence electrons. The van der Waals surface area contributed by atoms with Gasteiger partial charge in [0.15, 0.2) is 0 Å². The van der Waals surface area contributed by atoms with Crippen molar-refractivity contribution >= 4 is 35.9 Å². The van der Waals surface area contributed by atoms with Crippen molar-refractivity contribution in [3.63, 3.8) is 0 Å². The molecule has 0 saturated carbocycles. The van der Waals surface area contributed by atoms with E-state index in [2.05, 4.69) is 0 Å². The maximum Gasteiger partial charge on any atom is 0.495 e. The Morgan fingerprint density at radius 2 is 1.62 bits per heavy atom. The molecule has 34 heavy (non-hydrogen) atoms. The number of nitro benzene ring substituents is 1. The van der Waals surface area contributed by atoms with E-state index in [9.17, 15) is 19.7 Å². The highest BCUT2D eigenvalue weighted by Crippen LogP contribution is 2.39. The lowest BCUT2D eigenvalue weighted by Gasteiger charge is -2.32. The van der Waals surface area contributed by atoms with Gasteiger partial charge in [0.05, 0.1) is 35.9 Å². The van der Waals surface area contributed by atoms with Crippen molar-refractivity contribution in [1.82, 2.24) is 0 Å². The molecule has 2 heterocycles. The average Bonchev–Trinajstić information content (AvgIpc) is 2.90. The van der Waals surface area contributed by atoms with Crippen molar-refractivity contribution < 1.29 is 33.3 Å². The predicted molar refractivity (Wildman–Crippen MR) is 125 cm³/mol. The second-order valence-corrected chi connectivity index (χ2v) is 8.87. The first-order valence-corrected chi connectivity index (χ1v) is 10.5. The molecule has 2 aliphatic heterocycles. The number of rotatable bonds is 5. The first-order valence-electron chi connectivity index (χ1n) is 10.5. The van der Waals surface area contributed by atoms with Crippen LogP contribution in [0.4, 0.5) is 11.4 Å². The third-order valence-electron chi connectivity index (χ3n) is 6.15. The summed E-state index contributed by atoms with van der Waals surface area (Å²) in [5.74, 6) is -1.65.